The topological polar surface area (TPSA) is 97.4 Å². The van der Waals surface area contributed by atoms with Gasteiger partial charge in [0.2, 0.25) is 0 Å². The molecule has 0 aromatic rings. The molecule has 0 radical (unpaired) electrons. The van der Waals surface area contributed by atoms with Crippen LogP contribution in [-0.4, -0.2) is 62.6 Å². The molecule has 0 aliphatic carbocycles. The van der Waals surface area contributed by atoms with Gasteiger partial charge in [0, 0.05) is 18.4 Å². The van der Waals surface area contributed by atoms with Crippen LogP contribution < -0.4 is 0 Å². The summed E-state index contributed by atoms with van der Waals surface area (Å²) in [6.07, 6.45) is 20.7. The van der Waals surface area contributed by atoms with Crippen molar-refractivity contribution >= 4 is 17.9 Å². The van der Waals surface area contributed by atoms with Gasteiger partial charge in [-0.2, -0.15) is 0 Å². The molecule has 0 aromatic carbocycles. The molecule has 8 nitrogen and oxygen atoms in total. The van der Waals surface area contributed by atoms with Crippen LogP contribution in [0, 0.1) is 11.8 Å². The summed E-state index contributed by atoms with van der Waals surface area (Å²) in [5.41, 5.74) is 1.80. The summed E-state index contributed by atoms with van der Waals surface area (Å²) >= 11 is 0. The molecule has 0 aromatic heterocycles. The van der Waals surface area contributed by atoms with Crippen LogP contribution >= 0.6 is 0 Å². The number of hydrogen-bond acceptors (Lipinski definition) is 8. The lowest BCUT2D eigenvalue weighted by atomic mass is 9.89. The van der Waals surface area contributed by atoms with Crippen molar-refractivity contribution in [2.45, 2.75) is 109 Å². The zero-order valence-electron chi connectivity index (χ0n) is 25.8. The number of fused-ring (bicyclic) bond motifs is 4. The van der Waals surface area contributed by atoms with Crippen LogP contribution in [0.15, 0.2) is 59.8 Å². The molecule has 8 heteroatoms. The molecule has 7 atom stereocenters. The van der Waals surface area contributed by atoms with Crippen LogP contribution in [0.1, 0.15) is 78.6 Å². The monoisotopic (exact) mass is 584 g/mol. The molecule has 2 fully saturated rings. The largest absolute Gasteiger partial charge is 0.469 e. The molecular formula is C34H48O8. The van der Waals surface area contributed by atoms with Crippen molar-refractivity contribution in [3.8, 4) is 0 Å². The van der Waals surface area contributed by atoms with E-state index < -0.39 is 18.2 Å². The first-order chi connectivity index (χ1) is 20.1. The highest BCUT2D eigenvalue weighted by atomic mass is 16.6. The smallest absolute Gasteiger partial charge is 0.330 e. The third-order valence-electron chi connectivity index (χ3n) is 7.96. The lowest BCUT2D eigenvalue weighted by molar-refractivity contribution is -0.154. The second-order valence-corrected chi connectivity index (χ2v) is 11.8. The molecule has 3 aliphatic rings. The van der Waals surface area contributed by atoms with Crippen molar-refractivity contribution in [2.24, 2.45) is 11.8 Å². The highest BCUT2D eigenvalue weighted by Gasteiger charge is 2.33. The summed E-state index contributed by atoms with van der Waals surface area (Å²) in [6, 6.07) is 0. The Morgan fingerprint density at radius 3 is 2.36 bits per heavy atom. The summed E-state index contributed by atoms with van der Waals surface area (Å²) in [5, 5.41) is 0. The lowest BCUT2D eigenvalue weighted by Gasteiger charge is -2.37. The predicted molar refractivity (Wildman–Crippen MR) is 160 cm³/mol. The fourth-order valence-corrected chi connectivity index (χ4v) is 5.75. The van der Waals surface area contributed by atoms with Crippen molar-refractivity contribution in [1.82, 2.24) is 0 Å². The van der Waals surface area contributed by atoms with E-state index in [1.165, 1.54) is 20.3 Å². The van der Waals surface area contributed by atoms with E-state index in [4.69, 9.17) is 23.7 Å². The molecule has 0 spiro atoms. The first kappa shape index (κ1) is 33.5. The van der Waals surface area contributed by atoms with E-state index in [9.17, 15) is 14.4 Å². The fraction of sp³-hybridized carbons (Fsp3) is 0.618. The van der Waals surface area contributed by atoms with Gasteiger partial charge in [-0.1, -0.05) is 61.4 Å². The van der Waals surface area contributed by atoms with E-state index in [1.807, 2.05) is 44.2 Å². The average Bonchev–Trinajstić information content (AvgIpc) is 2.94. The molecule has 0 amide bonds. The third-order valence-corrected chi connectivity index (χ3v) is 7.96. The molecule has 3 heterocycles. The van der Waals surface area contributed by atoms with Gasteiger partial charge in [-0.15, -0.1) is 0 Å². The number of rotatable bonds is 6. The van der Waals surface area contributed by atoms with E-state index in [1.54, 1.807) is 0 Å². The van der Waals surface area contributed by atoms with Gasteiger partial charge in [0.15, 0.2) is 0 Å². The van der Waals surface area contributed by atoms with Crippen LogP contribution in [0.5, 0.6) is 0 Å². The Morgan fingerprint density at radius 1 is 0.905 bits per heavy atom. The Hall–Kier alpha value is -2.97. The van der Waals surface area contributed by atoms with Crippen LogP contribution in [0.2, 0.25) is 0 Å². The number of methoxy groups -OCH3 is 2. The van der Waals surface area contributed by atoms with Gasteiger partial charge in [-0.05, 0) is 57.4 Å². The maximum absolute atomic E-state index is 13.2. The summed E-state index contributed by atoms with van der Waals surface area (Å²) in [4.78, 5) is 36.7. The fourth-order valence-electron chi connectivity index (χ4n) is 5.75. The van der Waals surface area contributed by atoms with Gasteiger partial charge in [0.05, 0.1) is 51.5 Å². The number of carbonyl (C=O) groups excluding carboxylic acids is 3. The second-order valence-electron chi connectivity index (χ2n) is 11.8. The summed E-state index contributed by atoms with van der Waals surface area (Å²) in [7, 11) is 2.74. The maximum atomic E-state index is 13.2. The minimum Gasteiger partial charge on any atom is -0.469 e. The number of carbonyl (C=O) groups is 3. The van der Waals surface area contributed by atoms with Gasteiger partial charge < -0.3 is 23.7 Å². The minimum absolute atomic E-state index is 0.0552. The van der Waals surface area contributed by atoms with Crippen molar-refractivity contribution in [3.05, 3.63) is 59.8 Å². The molecule has 232 valence electrons. The highest BCUT2D eigenvalue weighted by molar-refractivity contribution is 5.82. The van der Waals surface area contributed by atoms with E-state index in [2.05, 4.69) is 19.1 Å². The Balaban J connectivity index is 1.80. The van der Waals surface area contributed by atoms with Crippen molar-refractivity contribution < 1.29 is 38.1 Å². The van der Waals surface area contributed by atoms with Gasteiger partial charge in [0.1, 0.15) is 6.10 Å². The van der Waals surface area contributed by atoms with E-state index >= 15 is 0 Å². The summed E-state index contributed by atoms with van der Waals surface area (Å²) in [6.45, 7) is 6.10. The molecule has 0 N–H and O–H groups in total. The molecule has 3 rings (SSSR count). The molecule has 3 aliphatic heterocycles. The van der Waals surface area contributed by atoms with Gasteiger partial charge in [-0.25, -0.2) is 4.79 Å². The van der Waals surface area contributed by atoms with E-state index in [0.29, 0.717) is 18.8 Å². The molecule has 42 heavy (non-hydrogen) atoms. The first-order valence-electron chi connectivity index (χ1n) is 15.2. The number of hydrogen-bond donors (Lipinski definition) is 0. The predicted octanol–water partition coefficient (Wildman–Crippen LogP) is 6.12. The first-order valence-corrected chi connectivity index (χ1v) is 15.2. The number of esters is 3. The molecule has 4 bridgehead atoms. The number of cyclic esters (lactones) is 1. The Labute approximate surface area is 250 Å². The second kappa shape index (κ2) is 17.2. The number of allylic oxidation sites excluding steroid dienone is 5. The van der Waals surface area contributed by atoms with Crippen LogP contribution in [0.4, 0.5) is 0 Å². The van der Waals surface area contributed by atoms with Crippen LogP contribution in [0.25, 0.3) is 0 Å². The average molecular weight is 585 g/mol. The highest BCUT2D eigenvalue weighted by Crippen LogP contribution is 2.33. The quantitative estimate of drug-likeness (QED) is 0.121. The normalized spacial score (nSPS) is 33.4. The van der Waals surface area contributed by atoms with Gasteiger partial charge in [0.25, 0.3) is 0 Å². The lowest BCUT2D eigenvalue weighted by Crippen LogP contribution is -2.37. The Kier molecular flexibility index (Phi) is 13.7. The van der Waals surface area contributed by atoms with Crippen molar-refractivity contribution in [2.75, 3.05) is 14.2 Å². The SMILES string of the molecule is COC(=O)/C=C1\C[C@@H]2CC(=O)O[C@@H](/C=C/C=C\C=C(/C)CC(=O)OC)[C@H](C)/C=C\[C@@H](C)C[C@@H]3CCC[C@H](C[C@H](C1)O2)O3. The standard InChI is InChI=1S/C34H48O8/c1-23(17-32(35)38-4)10-7-6-8-13-31-25(3)15-14-24(2)16-27-11-9-12-28(40-27)21-29-18-26(20-33(36)39-5)19-30(41-29)22-34(37)42-31/h6-8,10,13-15,20,24-25,27-31H,9,11-12,16-19,21-22H2,1-5H3/b7-6-,13-8+,15-14-,23-10+,26-20-/t24-,25-,27+,28-,29+,30-,31+/m1/s1. The molecule has 2 saturated heterocycles. The molecule has 0 saturated carbocycles. The number of ether oxygens (including phenoxy) is 5. The van der Waals surface area contributed by atoms with Crippen LogP contribution in [-0.2, 0) is 38.1 Å². The van der Waals surface area contributed by atoms with E-state index in [0.717, 1.165) is 43.3 Å². The third kappa shape index (κ3) is 11.7. The van der Waals surface area contributed by atoms with Gasteiger partial charge in [-0.3, -0.25) is 9.59 Å². The zero-order chi connectivity index (χ0) is 30.5. The zero-order valence-corrected chi connectivity index (χ0v) is 25.8. The van der Waals surface area contributed by atoms with Gasteiger partial charge >= 0.3 is 17.9 Å². The minimum atomic E-state index is -0.474. The Morgan fingerprint density at radius 2 is 1.62 bits per heavy atom. The molecular weight excluding hydrogens is 536 g/mol. The van der Waals surface area contributed by atoms with Crippen LogP contribution in [0.3, 0.4) is 0 Å². The maximum Gasteiger partial charge on any atom is 0.330 e. The van der Waals surface area contributed by atoms with Crippen molar-refractivity contribution in [1.29, 1.82) is 0 Å². The Bertz CT molecular complexity index is 1070. The van der Waals surface area contributed by atoms with Crippen molar-refractivity contribution in [3.63, 3.8) is 0 Å². The molecule has 0 unspecified atom stereocenters. The van der Waals surface area contributed by atoms with E-state index in [-0.39, 0.29) is 49.0 Å². The summed E-state index contributed by atoms with van der Waals surface area (Å²) in [5.74, 6) is -0.764. The summed E-state index contributed by atoms with van der Waals surface area (Å²) < 4.78 is 28.5.